The van der Waals surface area contributed by atoms with Crippen LogP contribution in [0.2, 0.25) is 0 Å². The first-order valence-corrected chi connectivity index (χ1v) is 10.7. The summed E-state index contributed by atoms with van der Waals surface area (Å²) in [5.74, 6) is 0.797. The zero-order valence-corrected chi connectivity index (χ0v) is 17.5. The van der Waals surface area contributed by atoms with Gasteiger partial charge in [0.1, 0.15) is 12.4 Å². The SMILES string of the molecule is CCCCc1ccc(COc2ccc3c(c2)C(=O)N(Cc2cccnc2)CC3)cc1. The molecule has 0 fully saturated rings. The average Bonchev–Trinajstić information content (AvgIpc) is 2.80. The van der Waals surface area contributed by atoms with Gasteiger partial charge in [0.15, 0.2) is 0 Å². The first-order valence-electron chi connectivity index (χ1n) is 10.7. The normalized spacial score (nSPS) is 13.2. The summed E-state index contributed by atoms with van der Waals surface area (Å²) >= 11 is 0. The molecular formula is C26H28N2O2. The van der Waals surface area contributed by atoms with Crippen LogP contribution in [0.15, 0.2) is 67.0 Å². The van der Waals surface area contributed by atoms with Crippen molar-refractivity contribution in [3.05, 3.63) is 94.8 Å². The number of carbonyl (C=O) groups excluding carboxylic acids is 1. The Morgan fingerprint density at radius 2 is 1.87 bits per heavy atom. The van der Waals surface area contributed by atoms with Crippen molar-refractivity contribution in [2.45, 2.75) is 45.8 Å². The summed E-state index contributed by atoms with van der Waals surface area (Å²) in [6, 6.07) is 18.4. The highest BCUT2D eigenvalue weighted by molar-refractivity contribution is 5.97. The van der Waals surface area contributed by atoms with Crippen molar-refractivity contribution in [1.82, 2.24) is 9.88 Å². The third kappa shape index (κ3) is 4.88. The summed E-state index contributed by atoms with van der Waals surface area (Å²) in [6.07, 6.45) is 7.98. The van der Waals surface area contributed by atoms with E-state index in [2.05, 4.69) is 36.2 Å². The quantitative estimate of drug-likeness (QED) is 0.522. The molecule has 0 N–H and O–H groups in total. The van der Waals surface area contributed by atoms with Crippen LogP contribution in [0.5, 0.6) is 5.75 Å². The lowest BCUT2D eigenvalue weighted by atomic mass is 9.98. The van der Waals surface area contributed by atoms with Crippen molar-refractivity contribution in [3.8, 4) is 5.75 Å². The van der Waals surface area contributed by atoms with Crippen molar-refractivity contribution in [3.63, 3.8) is 0 Å². The second kappa shape index (κ2) is 9.57. The van der Waals surface area contributed by atoms with Crippen LogP contribution in [0.25, 0.3) is 0 Å². The molecule has 154 valence electrons. The number of fused-ring (bicyclic) bond motifs is 1. The van der Waals surface area contributed by atoms with Crippen LogP contribution in [0.1, 0.15) is 52.4 Å². The summed E-state index contributed by atoms with van der Waals surface area (Å²) in [7, 11) is 0. The summed E-state index contributed by atoms with van der Waals surface area (Å²) in [5.41, 5.74) is 5.39. The maximum Gasteiger partial charge on any atom is 0.254 e. The lowest BCUT2D eigenvalue weighted by Gasteiger charge is -2.29. The third-order valence-electron chi connectivity index (χ3n) is 5.59. The molecule has 2 heterocycles. The fourth-order valence-corrected chi connectivity index (χ4v) is 3.80. The maximum absolute atomic E-state index is 13.0. The molecule has 0 aliphatic carbocycles. The van der Waals surface area contributed by atoms with E-state index in [1.54, 1.807) is 6.20 Å². The molecule has 0 spiro atoms. The second-order valence-electron chi connectivity index (χ2n) is 7.87. The Morgan fingerprint density at radius 1 is 1.03 bits per heavy atom. The number of benzene rings is 2. The van der Waals surface area contributed by atoms with Gasteiger partial charge in [0.25, 0.3) is 5.91 Å². The monoisotopic (exact) mass is 400 g/mol. The number of aromatic nitrogens is 1. The van der Waals surface area contributed by atoms with Gasteiger partial charge in [0.05, 0.1) is 0 Å². The molecule has 0 unspecified atom stereocenters. The van der Waals surface area contributed by atoms with E-state index in [1.165, 1.54) is 18.4 Å². The molecule has 0 saturated carbocycles. The summed E-state index contributed by atoms with van der Waals surface area (Å²) in [6.45, 7) is 4.02. The number of aryl methyl sites for hydroxylation is 1. The van der Waals surface area contributed by atoms with Gasteiger partial charge < -0.3 is 9.64 Å². The Hall–Kier alpha value is -3.14. The van der Waals surface area contributed by atoms with Gasteiger partial charge in [-0.1, -0.05) is 49.7 Å². The largest absolute Gasteiger partial charge is 0.489 e. The Bertz CT molecular complexity index is 984. The highest BCUT2D eigenvalue weighted by Crippen LogP contribution is 2.25. The summed E-state index contributed by atoms with van der Waals surface area (Å²) in [4.78, 5) is 19.1. The van der Waals surface area contributed by atoms with Gasteiger partial charge in [0, 0.05) is 31.0 Å². The predicted molar refractivity (Wildman–Crippen MR) is 119 cm³/mol. The van der Waals surface area contributed by atoms with Crippen molar-refractivity contribution in [2.75, 3.05) is 6.54 Å². The smallest absolute Gasteiger partial charge is 0.254 e. The minimum absolute atomic E-state index is 0.0610. The number of hydrogen-bond donors (Lipinski definition) is 0. The first-order chi connectivity index (χ1) is 14.7. The van der Waals surface area contributed by atoms with Gasteiger partial charge in [-0.3, -0.25) is 9.78 Å². The van der Waals surface area contributed by atoms with Crippen LogP contribution < -0.4 is 4.74 Å². The Morgan fingerprint density at radius 3 is 2.63 bits per heavy atom. The van der Waals surface area contributed by atoms with E-state index in [-0.39, 0.29) is 5.91 Å². The van der Waals surface area contributed by atoms with Crippen LogP contribution in [0.3, 0.4) is 0 Å². The van der Waals surface area contributed by atoms with E-state index < -0.39 is 0 Å². The van der Waals surface area contributed by atoms with Crippen molar-refractivity contribution < 1.29 is 9.53 Å². The van der Waals surface area contributed by atoms with Gasteiger partial charge in [-0.2, -0.15) is 0 Å². The highest BCUT2D eigenvalue weighted by atomic mass is 16.5. The van der Waals surface area contributed by atoms with E-state index >= 15 is 0 Å². The predicted octanol–water partition coefficient (Wildman–Crippen LogP) is 5.20. The van der Waals surface area contributed by atoms with Gasteiger partial charge in [-0.05, 0) is 59.7 Å². The maximum atomic E-state index is 13.0. The van der Waals surface area contributed by atoms with E-state index in [0.29, 0.717) is 13.2 Å². The molecule has 30 heavy (non-hydrogen) atoms. The summed E-state index contributed by atoms with van der Waals surface area (Å²) < 4.78 is 6.00. The van der Waals surface area contributed by atoms with Crippen LogP contribution >= 0.6 is 0 Å². The lowest BCUT2D eigenvalue weighted by Crippen LogP contribution is -2.37. The molecule has 0 bridgehead atoms. The second-order valence-corrected chi connectivity index (χ2v) is 7.87. The van der Waals surface area contributed by atoms with Gasteiger partial charge in [0.2, 0.25) is 0 Å². The number of amides is 1. The van der Waals surface area contributed by atoms with Crippen LogP contribution in [-0.4, -0.2) is 22.3 Å². The number of unbranched alkanes of at least 4 members (excludes halogenated alkanes) is 1. The van der Waals surface area contributed by atoms with Crippen LogP contribution in [0.4, 0.5) is 0 Å². The van der Waals surface area contributed by atoms with Crippen molar-refractivity contribution >= 4 is 5.91 Å². The fraction of sp³-hybridized carbons (Fsp3) is 0.308. The van der Waals surface area contributed by atoms with Crippen molar-refractivity contribution in [2.24, 2.45) is 0 Å². The number of nitrogens with zero attached hydrogens (tertiary/aromatic N) is 2. The molecule has 1 aliphatic heterocycles. The highest BCUT2D eigenvalue weighted by Gasteiger charge is 2.25. The number of hydrogen-bond acceptors (Lipinski definition) is 3. The number of pyridine rings is 1. The molecule has 4 heteroatoms. The number of rotatable bonds is 8. The average molecular weight is 401 g/mol. The zero-order chi connectivity index (χ0) is 20.8. The Labute approximate surface area is 178 Å². The molecule has 1 aliphatic rings. The zero-order valence-electron chi connectivity index (χ0n) is 17.5. The molecule has 3 aromatic rings. The van der Waals surface area contributed by atoms with Crippen LogP contribution in [-0.2, 0) is 26.0 Å². The topological polar surface area (TPSA) is 42.4 Å². The molecule has 1 aromatic heterocycles. The van der Waals surface area contributed by atoms with Gasteiger partial charge in [-0.25, -0.2) is 0 Å². The Balaban J connectivity index is 1.40. The molecule has 0 radical (unpaired) electrons. The van der Waals surface area contributed by atoms with E-state index in [1.807, 2.05) is 41.4 Å². The number of carbonyl (C=O) groups is 1. The molecule has 4 rings (SSSR count). The fourth-order valence-electron chi connectivity index (χ4n) is 3.80. The minimum atomic E-state index is 0.0610. The third-order valence-corrected chi connectivity index (χ3v) is 5.59. The standard InChI is InChI=1S/C26H28N2O2/c1-2-3-5-20-7-9-21(10-8-20)19-30-24-12-11-23-13-15-28(26(29)25(23)16-24)18-22-6-4-14-27-17-22/h4,6-12,14,16-17H,2-3,5,13,15,18-19H2,1H3. The van der Waals surface area contributed by atoms with Crippen molar-refractivity contribution in [1.29, 1.82) is 0 Å². The molecule has 4 nitrogen and oxygen atoms in total. The van der Waals surface area contributed by atoms with Crippen LogP contribution in [0, 0.1) is 0 Å². The molecule has 0 atom stereocenters. The summed E-state index contributed by atoms with van der Waals surface area (Å²) in [5, 5.41) is 0. The minimum Gasteiger partial charge on any atom is -0.489 e. The van der Waals surface area contributed by atoms with E-state index in [9.17, 15) is 4.79 Å². The van der Waals surface area contributed by atoms with Gasteiger partial charge >= 0.3 is 0 Å². The molecule has 2 aromatic carbocycles. The Kier molecular flexibility index (Phi) is 6.43. The lowest BCUT2D eigenvalue weighted by molar-refractivity contribution is 0.0726. The van der Waals surface area contributed by atoms with Gasteiger partial charge in [-0.15, -0.1) is 0 Å². The molecule has 1 amide bonds. The number of ether oxygens (including phenoxy) is 1. The first kappa shape index (κ1) is 20.1. The van der Waals surface area contributed by atoms with E-state index in [4.69, 9.17) is 4.74 Å². The van der Waals surface area contributed by atoms with E-state index in [0.717, 1.165) is 47.4 Å². The molecule has 0 saturated heterocycles. The molecular weight excluding hydrogens is 372 g/mol.